The second-order valence-electron chi connectivity index (χ2n) is 6.62. The highest BCUT2D eigenvalue weighted by atomic mass is 35.5. The molecule has 2 heterocycles. The summed E-state index contributed by atoms with van der Waals surface area (Å²) in [6.07, 6.45) is 0. The number of carbonyl (C=O) groups excluding carboxylic acids is 1. The van der Waals surface area contributed by atoms with Crippen molar-refractivity contribution in [1.82, 2.24) is 14.8 Å². The summed E-state index contributed by atoms with van der Waals surface area (Å²) < 4.78 is 12.4. The number of hydrogen-bond acceptors (Lipinski definition) is 7. The molecule has 4 aromatic rings. The van der Waals surface area contributed by atoms with Gasteiger partial charge in [-0.2, -0.15) is 0 Å². The molecule has 31 heavy (non-hydrogen) atoms. The van der Waals surface area contributed by atoms with E-state index in [9.17, 15) is 4.79 Å². The minimum Gasteiger partial charge on any atom is -0.484 e. The Morgan fingerprint density at radius 1 is 1.29 bits per heavy atom. The fourth-order valence-electron chi connectivity index (χ4n) is 2.74. The normalized spacial score (nSPS) is 10.8. The number of carbonyl (C=O) groups is 1. The SMILES string of the molecule is Cc1cccc(OCc2nn(CC(=O)Nc3nc(-c4ccc(Cl)cc4)cs3)c(=S)o2)c1. The third-order valence-electron chi connectivity index (χ3n) is 4.18. The Morgan fingerprint density at radius 2 is 2.10 bits per heavy atom. The largest absolute Gasteiger partial charge is 0.484 e. The molecule has 7 nitrogen and oxygen atoms in total. The topological polar surface area (TPSA) is 82.2 Å². The van der Waals surface area contributed by atoms with Crippen molar-refractivity contribution in [3.63, 3.8) is 0 Å². The Hall–Kier alpha value is -3.01. The molecular weight excluding hydrogens is 456 g/mol. The summed E-state index contributed by atoms with van der Waals surface area (Å²) in [4.78, 5) is 16.9. The number of rotatable bonds is 7. The molecule has 2 aromatic carbocycles. The van der Waals surface area contributed by atoms with Gasteiger partial charge in [0.1, 0.15) is 12.3 Å². The standard InChI is InChI=1S/C21H17ClN4O3S2/c1-13-3-2-4-16(9-13)28-11-19-25-26(21(30)29-19)10-18(27)24-20-23-17(12-31-20)14-5-7-15(22)8-6-14/h2-9,12H,10-11H2,1H3,(H,23,24,27). The number of halogens is 1. The number of aromatic nitrogens is 3. The first-order chi connectivity index (χ1) is 15.0. The van der Waals surface area contributed by atoms with E-state index >= 15 is 0 Å². The first-order valence-electron chi connectivity index (χ1n) is 9.24. The maximum atomic E-state index is 12.4. The summed E-state index contributed by atoms with van der Waals surface area (Å²) in [5.41, 5.74) is 2.76. The first kappa shape index (κ1) is 21.2. The number of amides is 1. The van der Waals surface area contributed by atoms with E-state index in [4.69, 9.17) is 33.0 Å². The Balaban J connectivity index is 1.35. The molecule has 0 aliphatic heterocycles. The van der Waals surface area contributed by atoms with Gasteiger partial charge in [0.25, 0.3) is 10.7 Å². The number of nitrogens with zero attached hydrogens (tertiary/aromatic N) is 3. The number of thiazole rings is 1. The van der Waals surface area contributed by atoms with E-state index in [1.165, 1.54) is 16.0 Å². The van der Waals surface area contributed by atoms with E-state index in [0.717, 1.165) is 16.8 Å². The second-order valence-corrected chi connectivity index (χ2v) is 8.26. The summed E-state index contributed by atoms with van der Waals surface area (Å²) in [6, 6.07) is 15.0. The van der Waals surface area contributed by atoms with Crippen LogP contribution in [0.15, 0.2) is 58.3 Å². The zero-order valence-electron chi connectivity index (χ0n) is 16.4. The van der Waals surface area contributed by atoms with Gasteiger partial charge in [-0.05, 0) is 49.0 Å². The second kappa shape index (κ2) is 9.42. The van der Waals surface area contributed by atoms with Crippen LogP contribution in [-0.4, -0.2) is 20.7 Å². The van der Waals surface area contributed by atoms with Crippen LogP contribution in [0.1, 0.15) is 11.5 Å². The zero-order chi connectivity index (χ0) is 21.8. The predicted molar refractivity (Wildman–Crippen MR) is 122 cm³/mol. The average Bonchev–Trinajstić information content (AvgIpc) is 3.34. The summed E-state index contributed by atoms with van der Waals surface area (Å²) in [5, 5.41) is 9.97. The molecule has 0 fully saturated rings. The van der Waals surface area contributed by atoms with Gasteiger partial charge in [-0.25, -0.2) is 9.67 Å². The third-order valence-corrected chi connectivity index (χ3v) is 5.49. The number of benzene rings is 2. The Bertz CT molecular complexity index is 1260. The molecule has 0 aliphatic carbocycles. The van der Waals surface area contributed by atoms with Gasteiger partial charge in [0.2, 0.25) is 5.91 Å². The molecule has 0 spiro atoms. The average molecular weight is 473 g/mol. The van der Waals surface area contributed by atoms with Crippen molar-refractivity contribution in [1.29, 1.82) is 0 Å². The molecule has 158 valence electrons. The Labute approximate surface area is 192 Å². The van der Waals surface area contributed by atoms with Crippen molar-refractivity contribution in [3.05, 3.63) is 75.2 Å². The maximum Gasteiger partial charge on any atom is 0.287 e. The highest BCUT2D eigenvalue weighted by Gasteiger charge is 2.13. The van der Waals surface area contributed by atoms with Gasteiger partial charge in [-0.1, -0.05) is 35.9 Å². The van der Waals surface area contributed by atoms with Crippen LogP contribution in [0.4, 0.5) is 5.13 Å². The minimum absolute atomic E-state index is 0.0946. The van der Waals surface area contributed by atoms with Crippen LogP contribution in [0.3, 0.4) is 0 Å². The molecule has 0 saturated heterocycles. The van der Waals surface area contributed by atoms with Crippen molar-refractivity contribution in [2.45, 2.75) is 20.1 Å². The number of ether oxygens (including phenoxy) is 1. The maximum absolute atomic E-state index is 12.4. The van der Waals surface area contributed by atoms with E-state index in [1.54, 1.807) is 12.1 Å². The quantitative estimate of drug-likeness (QED) is 0.357. The van der Waals surface area contributed by atoms with Crippen LogP contribution < -0.4 is 10.1 Å². The monoisotopic (exact) mass is 472 g/mol. The van der Waals surface area contributed by atoms with Gasteiger partial charge in [-0.3, -0.25) is 4.79 Å². The van der Waals surface area contributed by atoms with E-state index in [-0.39, 0.29) is 23.9 Å². The molecule has 0 aliphatic rings. The summed E-state index contributed by atoms with van der Waals surface area (Å²) in [6.45, 7) is 1.99. The third kappa shape index (κ3) is 5.57. The molecule has 0 saturated carbocycles. The molecule has 2 aromatic heterocycles. The van der Waals surface area contributed by atoms with Crippen molar-refractivity contribution >= 4 is 46.2 Å². The number of nitrogens with one attached hydrogen (secondary N) is 1. The van der Waals surface area contributed by atoms with Gasteiger partial charge in [0, 0.05) is 16.0 Å². The lowest BCUT2D eigenvalue weighted by atomic mass is 10.2. The molecule has 4 rings (SSSR count). The van der Waals surface area contributed by atoms with E-state index in [0.29, 0.717) is 21.8 Å². The van der Waals surface area contributed by atoms with Gasteiger partial charge in [-0.15, -0.1) is 16.4 Å². The molecule has 10 heteroatoms. The fraction of sp³-hybridized carbons (Fsp3) is 0.143. The lowest BCUT2D eigenvalue weighted by molar-refractivity contribution is -0.117. The van der Waals surface area contributed by atoms with Crippen LogP contribution in [0, 0.1) is 11.8 Å². The molecule has 1 N–H and O–H groups in total. The van der Waals surface area contributed by atoms with E-state index < -0.39 is 0 Å². The van der Waals surface area contributed by atoms with Gasteiger partial charge < -0.3 is 14.5 Å². The van der Waals surface area contributed by atoms with Gasteiger partial charge in [0.15, 0.2) is 11.7 Å². The van der Waals surface area contributed by atoms with E-state index in [1.807, 2.05) is 48.7 Å². The summed E-state index contributed by atoms with van der Waals surface area (Å²) in [5.74, 6) is 0.680. The van der Waals surface area contributed by atoms with Crippen LogP contribution in [0.5, 0.6) is 5.75 Å². The first-order valence-corrected chi connectivity index (χ1v) is 10.9. The Kier molecular flexibility index (Phi) is 6.45. The molecule has 0 atom stereocenters. The Morgan fingerprint density at radius 3 is 2.87 bits per heavy atom. The van der Waals surface area contributed by atoms with Crippen LogP contribution in [0.25, 0.3) is 11.3 Å². The van der Waals surface area contributed by atoms with Crippen molar-refractivity contribution < 1.29 is 13.9 Å². The molecular formula is C21H17ClN4O3S2. The molecule has 0 radical (unpaired) electrons. The van der Waals surface area contributed by atoms with Crippen molar-refractivity contribution in [2.24, 2.45) is 0 Å². The summed E-state index contributed by atoms with van der Waals surface area (Å²) >= 11 is 12.4. The van der Waals surface area contributed by atoms with Gasteiger partial charge >= 0.3 is 0 Å². The highest BCUT2D eigenvalue weighted by Crippen LogP contribution is 2.26. The zero-order valence-corrected chi connectivity index (χ0v) is 18.8. The van der Waals surface area contributed by atoms with Crippen molar-refractivity contribution in [2.75, 3.05) is 5.32 Å². The lowest BCUT2D eigenvalue weighted by Crippen LogP contribution is -2.19. The molecule has 0 bridgehead atoms. The summed E-state index contributed by atoms with van der Waals surface area (Å²) in [7, 11) is 0. The van der Waals surface area contributed by atoms with Crippen molar-refractivity contribution in [3.8, 4) is 17.0 Å². The minimum atomic E-state index is -0.312. The predicted octanol–water partition coefficient (Wildman–Crippen LogP) is 5.51. The highest BCUT2D eigenvalue weighted by molar-refractivity contribution is 7.71. The fourth-order valence-corrected chi connectivity index (χ4v) is 3.80. The molecule has 0 unspecified atom stereocenters. The van der Waals surface area contributed by atoms with E-state index in [2.05, 4.69) is 15.4 Å². The van der Waals surface area contributed by atoms with Gasteiger partial charge in [0.05, 0.1) is 5.69 Å². The lowest BCUT2D eigenvalue weighted by Gasteiger charge is -2.03. The number of anilines is 1. The number of hydrogen-bond donors (Lipinski definition) is 1. The smallest absolute Gasteiger partial charge is 0.287 e. The molecule has 1 amide bonds. The van der Waals surface area contributed by atoms with Crippen LogP contribution >= 0.6 is 35.2 Å². The number of aryl methyl sites for hydroxylation is 1. The van der Waals surface area contributed by atoms with Crippen LogP contribution in [-0.2, 0) is 17.9 Å². The van der Waals surface area contributed by atoms with Crippen LogP contribution in [0.2, 0.25) is 5.02 Å².